The van der Waals surface area contributed by atoms with Crippen LogP contribution in [0.2, 0.25) is 0 Å². The van der Waals surface area contributed by atoms with Crippen molar-refractivity contribution >= 4 is 44.6 Å². The summed E-state index contributed by atoms with van der Waals surface area (Å²) in [5.74, 6) is 2.46. The van der Waals surface area contributed by atoms with E-state index >= 15 is 0 Å². The summed E-state index contributed by atoms with van der Waals surface area (Å²) in [5.41, 5.74) is 13.1. The molecular formula is C48H42N4O. The molecule has 8 aromatic rings. The van der Waals surface area contributed by atoms with Crippen LogP contribution in [0.1, 0.15) is 37.5 Å². The average molecular weight is 691 g/mol. The van der Waals surface area contributed by atoms with Crippen molar-refractivity contribution in [2.45, 2.75) is 40.0 Å². The molecule has 0 unspecified atom stereocenters. The van der Waals surface area contributed by atoms with E-state index in [1.165, 1.54) is 55.7 Å². The molecule has 53 heavy (non-hydrogen) atoms. The van der Waals surface area contributed by atoms with Gasteiger partial charge in [0.1, 0.15) is 24.0 Å². The summed E-state index contributed by atoms with van der Waals surface area (Å²) < 4.78 is 8.93. The molecule has 9 rings (SSSR count). The summed E-state index contributed by atoms with van der Waals surface area (Å²) in [7, 11) is 0. The van der Waals surface area contributed by atoms with E-state index in [1.807, 2.05) is 12.3 Å². The van der Waals surface area contributed by atoms with Crippen LogP contribution in [0.4, 0.5) is 22.7 Å². The van der Waals surface area contributed by atoms with Crippen LogP contribution in [-0.4, -0.2) is 16.2 Å². The quantitative estimate of drug-likeness (QED) is 0.174. The van der Waals surface area contributed by atoms with Crippen molar-refractivity contribution in [1.29, 1.82) is 0 Å². The van der Waals surface area contributed by atoms with Crippen LogP contribution in [0.5, 0.6) is 11.5 Å². The third-order valence-electron chi connectivity index (χ3n) is 10.5. The first-order chi connectivity index (χ1) is 25.7. The van der Waals surface area contributed by atoms with Gasteiger partial charge in [-0.05, 0) is 114 Å². The highest BCUT2D eigenvalue weighted by Gasteiger charge is 2.30. The summed E-state index contributed by atoms with van der Waals surface area (Å²) >= 11 is 0. The number of aryl methyl sites for hydroxylation is 2. The molecule has 0 aliphatic carbocycles. The lowest BCUT2D eigenvalue weighted by atomic mass is 9.88. The maximum atomic E-state index is 6.67. The number of para-hydroxylation sites is 3. The van der Waals surface area contributed by atoms with Gasteiger partial charge >= 0.3 is 0 Å². The van der Waals surface area contributed by atoms with Crippen molar-refractivity contribution < 1.29 is 4.74 Å². The highest BCUT2D eigenvalue weighted by molar-refractivity contribution is 6.09. The van der Waals surface area contributed by atoms with Gasteiger partial charge in [0.2, 0.25) is 0 Å². The Hall–Kier alpha value is -6.33. The van der Waals surface area contributed by atoms with Crippen molar-refractivity contribution in [3.8, 4) is 28.4 Å². The Balaban J connectivity index is 1.06. The summed E-state index contributed by atoms with van der Waals surface area (Å²) in [6, 6.07) is 51.6. The van der Waals surface area contributed by atoms with Gasteiger partial charge in [-0.3, -0.25) is 4.57 Å². The molecule has 1 aliphatic rings. The molecule has 0 saturated heterocycles. The zero-order valence-corrected chi connectivity index (χ0v) is 30.8. The molecule has 3 heterocycles. The molecule has 0 amide bonds. The molecule has 5 nitrogen and oxygen atoms in total. The van der Waals surface area contributed by atoms with Gasteiger partial charge in [0.15, 0.2) is 0 Å². The standard InChI is InChI=1S/C48H42N4O/c1-32-26-35(34-14-7-6-8-15-34)27-33(2)47(32)51-31-50(43-20-11-12-21-44(43)51)37-16-13-17-38(29-37)53-39-22-23-41-40-18-9-10-19-42(40)52(45(41)30-39)46-28-36(24-25-49-46)48(3,4)5/h6-30H,31H2,1-5H3. The molecule has 0 radical (unpaired) electrons. The van der Waals surface area contributed by atoms with E-state index in [0.717, 1.165) is 34.0 Å². The van der Waals surface area contributed by atoms with Gasteiger partial charge in [-0.2, -0.15) is 0 Å². The molecule has 2 aromatic heterocycles. The fourth-order valence-corrected chi connectivity index (χ4v) is 7.92. The van der Waals surface area contributed by atoms with E-state index in [9.17, 15) is 0 Å². The summed E-state index contributed by atoms with van der Waals surface area (Å²) in [6.07, 6.45) is 1.92. The zero-order valence-electron chi connectivity index (χ0n) is 30.8. The van der Waals surface area contributed by atoms with Crippen LogP contribution < -0.4 is 14.5 Å². The lowest BCUT2D eigenvalue weighted by Gasteiger charge is -2.26. The first kappa shape index (κ1) is 32.6. The van der Waals surface area contributed by atoms with E-state index in [-0.39, 0.29) is 5.41 Å². The largest absolute Gasteiger partial charge is 0.457 e. The number of aromatic nitrogens is 2. The predicted molar refractivity (Wildman–Crippen MR) is 221 cm³/mol. The molecule has 0 saturated carbocycles. The van der Waals surface area contributed by atoms with Crippen LogP contribution in [-0.2, 0) is 5.41 Å². The lowest BCUT2D eigenvalue weighted by Crippen LogP contribution is -2.25. The van der Waals surface area contributed by atoms with Gasteiger partial charge in [0, 0.05) is 40.5 Å². The fourth-order valence-electron chi connectivity index (χ4n) is 7.92. The molecule has 0 N–H and O–H groups in total. The van der Waals surface area contributed by atoms with E-state index < -0.39 is 0 Å². The first-order valence-corrected chi connectivity index (χ1v) is 18.3. The molecular weight excluding hydrogens is 649 g/mol. The summed E-state index contributed by atoms with van der Waals surface area (Å²) in [6.45, 7) is 11.9. The number of hydrogen-bond donors (Lipinski definition) is 0. The number of benzene rings is 6. The van der Waals surface area contributed by atoms with Crippen LogP contribution in [0.3, 0.4) is 0 Å². The molecule has 6 aromatic carbocycles. The number of pyridine rings is 1. The Labute approximate surface area is 311 Å². The second kappa shape index (κ2) is 12.7. The minimum Gasteiger partial charge on any atom is -0.457 e. The number of nitrogens with zero attached hydrogens (tertiary/aromatic N) is 4. The smallest absolute Gasteiger partial charge is 0.137 e. The predicted octanol–water partition coefficient (Wildman–Crippen LogP) is 12.8. The third-order valence-corrected chi connectivity index (χ3v) is 10.5. The molecule has 1 aliphatic heterocycles. The minimum atomic E-state index is 0.00722. The van der Waals surface area contributed by atoms with E-state index in [2.05, 4.69) is 189 Å². The average Bonchev–Trinajstić information content (AvgIpc) is 3.71. The van der Waals surface area contributed by atoms with E-state index in [0.29, 0.717) is 6.67 Å². The number of rotatable bonds is 6. The molecule has 0 atom stereocenters. The van der Waals surface area contributed by atoms with Crippen LogP contribution >= 0.6 is 0 Å². The monoisotopic (exact) mass is 690 g/mol. The second-order valence-electron chi connectivity index (χ2n) is 15.1. The number of fused-ring (bicyclic) bond motifs is 4. The molecule has 260 valence electrons. The van der Waals surface area contributed by atoms with Gasteiger partial charge in [0.05, 0.1) is 22.4 Å². The highest BCUT2D eigenvalue weighted by Crippen LogP contribution is 2.47. The van der Waals surface area contributed by atoms with E-state index in [1.54, 1.807) is 0 Å². The van der Waals surface area contributed by atoms with Crippen molar-refractivity contribution in [2.75, 3.05) is 16.5 Å². The van der Waals surface area contributed by atoms with Gasteiger partial charge in [-0.15, -0.1) is 0 Å². The number of anilines is 4. The summed E-state index contributed by atoms with van der Waals surface area (Å²) in [4.78, 5) is 9.67. The van der Waals surface area contributed by atoms with Crippen LogP contribution in [0.25, 0.3) is 38.8 Å². The van der Waals surface area contributed by atoms with Crippen molar-refractivity contribution in [3.05, 3.63) is 168 Å². The fraction of sp³-hybridized carbons (Fsp3) is 0.146. The number of hydrogen-bond acceptors (Lipinski definition) is 4. The maximum absolute atomic E-state index is 6.67. The Bertz CT molecular complexity index is 2630. The van der Waals surface area contributed by atoms with Crippen LogP contribution in [0, 0.1) is 13.8 Å². The van der Waals surface area contributed by atoms with Gasteiger partial charge in [-0.1, -0.05) is 87.5 Å². The molecule has 0 spiro atoms. The third kappa shape index (κ3) is 5.79. The highest BCUT2D eigenvalue weighted by atomic mass is 16.5. The van der Waals surface area contributed by atoms with Crippen molar-refractivity contribution in [3.63, 3.8) is 0 Å². The SMILES string of the molecule is Cc1cc(-c2ccccc2)cc(C)c1N1CN(c2cccc(Oc3ccc4c5ccccc5n(-c5cc(C(C)(C)C)ccn5)c4c3)c2)c2ccccc21. The second-order valence-corrected chi connectivity index (χ2v) is 15.1. The lowest BCUT2D eigenvalue weighted by molar-refractivity contribution is 0.483. The topological polar surface area (TPSA) is 33.5 Å². The normalized spacial score (nSPS) is 12.8. The van der Waals surface area contributed by atoms with Gasteiger partial charge in [0.25, 0.3) is 0 Å². The minimum absolute atomic E-state index is 0.00722. The Morgan fingerprint density at radius 3 is 2.02 bits per heavy atom. The Morgan fingerprint density at radius 1 is 0.566 bits per heavy atom. The van der Waals surface area contributed by atoms with E-state index in [4.69, 9.17) is 9.72 Å². The van der Waals surface area contributed by atoms with Crippen molar-refractivity contribution in [2.24, 2.45) is 0 Å². The van der Waals surface area contributed by atoms with Gasteiger partial charge in [-0.25, -0.2) is 4.98 Å². The molecule has 0 bridgehead atoms. The molecule has 5 heteroatoms. The van der Waals surface area contributed by atoms with Gasteiger partial charge < -0.3 is 14.5 Å². The van der Waals surface area contributed by atoms with Crippen LogP contribution in [0.15, 0.2) is 152 Å². The summed E-state index contributed by atoms with van der Waals surface area (Å²) in [5, 5.41) is 2.36. The maximum Gasteiger partial charge on any atom is 0.137 e. The first-order valence-electron chi connectivity index (χ1n) is 18.3. The Morgan fingerprint density at radius 2 is 1.25 bits per heavy atom. The Kier molecular flexibility index (Phi) is 7.81. The number of ether oxygens (including phenoxy) is 1. The molecule has 0 fully saturated rings. The van der Waals surface area contributed by atoms with Crippen molar-refractivity contribution in [1.82, 2.24) is 9.55 Å². The zero-order chi connectivity index (χ0) is 36.3.